The molecule has 0 saturated heterocycles. The highest BCUT2D eigenvalue weighted by Crippen LogP contribution is 2.34. The van der Waals surface area contributed by atoms with Crippen LogP contribution in [0.3, 0.4) is 0 Å². The van der Waals surface area contributed by atoms with Gasteiger partial charge in [0.05, 0.1) is 0 Å². The molecule has 1 heterocycles. The number of nitrogens with one attached hydrogen (secondary N) is 1. The van der Waals surface area contributed by atoms with E-state index in [1.54, 1.807) is 0 Å². The van der Waals surface area contributed by atoms with Gasteiger partial charge < -0.3 is 14.8 Å². The molecule has 27 heavy (non-hydrogen) atoms. The summed E-state index contributed by atoms with van der Waals surface area (Å²) in [7, 11) is 0. The van der Waals surface area contributed by atoms with Gasteiger partial charge in [-0.2, -0.15) is 0 Å². The summed E-state index contributed by atoms with van der Waals surface area (Å²) in [5.41, 5.74) is 3.29. The first-order valence-corrected chi connectivity index (χ1v) is 10.2. The van der Waals surface area contributed by atoms with Crippen LogP contribution in [-0.4, -0.2) is 35.0 Å². The lowest BCUT2D eigenvalue weighted by molar-refractivity contribution is -0.116. The van der Waals surface area contributed by atoms with Gasteiger partial charge in [-0.15, -0.1) is 0 Å². The van der Waals surface area contributed by atoms with Gasteiger partial charge in [-0.1, -0.05) is 51.4 Å². The first kappa shape index (κ1) is 21.5. The smallest absolute Gasteiger partial charge is 0.226 e. The van der Waals surface area contributed by atoms with E-state index in [2.05, 4.69) is 55.6 Å². The van der Waals surface area contributed by atoms with E-state index >= 15 is 0 Å². The van der Waals surface area contributed by atoms with Gasteiger partial charge in [0.15, 0.2) is 0 Å². The second-order valence-electron chi connectivity index (χ2n) is 7.41. The molecule has 1 N–H and O–H groups in total. The van der Waals surface area contributed by atoms with Crippen LogP contribution in [0.4, 0.5) is 5.82 Å². The number of nitrogens with zero attached hydrogens (tertiary/aromatic N) is 2. The summed E-state index contributed by atoms with van der Waals surface area (Å²) in [4.78, 5) is 14.9. The molecule has 0 aliphatic carbocycles. The number of carbonyl (C=O) groups excluding carboxylic acids is 1. The minimum Gasteiger partial charge on any atom is -0.333 e. The van der Waals surface area contributed by atoms with Gasteiger partial charge in [0, 0.05) is 36.3 Å². The van der Waals surface area contributed by atoms with E-state index in [0.29, 0.717) is 17.4 Å². The first-order chi connectivity index (χ1) is 12.8. The summed E-state index contributed by atoms with van der Waals surface area (Å²) < 4.78 is 2.17. The summed E-state index contributed by atoms with van der Waals surface area (Å²) in [5.74, 6) is 1.43. The zero-order valence-corrected chi connectivity index (χ0v) is 17.9. The fraction of sp³-hybridized carbons (Fsp3) is 0.500. The maximum atomic E-state index is 12.7. The number of hydrogen-bond donors (Lipinski definition) is 1. The van der Waals surface area contributed by atoms with Crippen molar-refractivity contribution < 1.29 is 4.79 Å². The Morgan fingerprint density at radius 2 is 1.81 bits per heavy atom. The van der Waals surface area contributed by atoms with Gasteiger partial charge in [0.25, 0.3) is 0 Å². The number of rotatable bonds is 9. The van der Waals surface area contributed by atoms with Gasteiger partial charge in [0.1, 0.15) is 5.82 Å². The van der Waals surface area contributed by atoms with E-state index in [4.69, 9.17) is 11.6 Å². The van der Waals surface area contributed by atoms with Gasteiger partial charge in [-0.3, -0.25) is 4.79 Å². The number of hydrogen-bond acceptors (Lipinski definition) is 2. The SMILES string of the molecule is CCN(CC)CCC(=O)Nc1c(-c2ccc(Cl)cc2)c(C)cn1CC(C)C. The second-order valence-corrected chi connectivity index (χ2v) is 7.85. The highest BCUT2D eigenvalue weighted by molar-refractivity contribution is 6.30. The molecule has 1 aromatic carbocycles. The molecule has 0 fully saturated rings. The molecule has 5 heteroatoms. The summed E-state index contributed by atoms with van der Waals surface area (Å²) in [5, 5.41) is 3.90. The van der Waals surface area contributed by atoms with E-state index in [1.807, 2.05) is 24.3 Å². The Bertz CT molecular complexity index is 746. The molecule has 0 unspecified atom stereocenters. The van der Waals surface area contributed by atoms with E-state index < -0.39 is 0 Å². The number of aryl methyl sites for hydroxylation is 1. The minimum absolute atomic E-state index is 0.0558. The van der Waals surface area contributed by atoms with Crippen LogP contribution < -0.4 is 5.32 Å². The van der Waals surface area contributed by atoms with Gasteiger partial charge in [-0.05, 0) is 49.2 Å². The van der Waals surface area contributed by atoms with Crippen LogP contribution in [0.2, 0.25) is 5.02 Å². The largest absolute Gasteiger partial charge is 0.333 e. The number of benzene rings is 1. The molecule has 4 nitrogen and oxygen atoms in total. The molecule has 0 saturated carbocycles. The van der Waals surface area contributed by atoms with Crippen LogP contribution in [-0.2, 0) is 11.3 Å². The minimum atomic E-state index is 0.0558. The third-order valence-electron chi connectivity index (χ3n) is 4.77. The van der Waals surface area contributed by atoms with Crippen LogP contribution in [0.1, 0.15) is 39.7 Å². The highest BCUT2D eigenvalue weighted by Gasteiger charge is 2.18. The molecule has 0 aliphatic heterocycles. The van der Waals surface area contributed by atoms with Crippen molar-refractivity contribution in [2.24, 2.45) is 5.92 Å². The quantitative estimate of drug-likeness (QED) is 0.619. The number of aromatic nitrogens is 1. The molecular formula is C22H32ClN3O. The first-order valence-electron chi connectivity index (χ1n) is 9.83. The molecular weight excluding hydrogens is 358 g/mol. The predicted octanol–water partition coefficient (Wildman–Crippen LogP) is 5.44. The topological polar surface area (TPSA) is 37.3 Å². The Morgan fingerprint density at radius 1 is 1.19 bits per heavy atom. The van der Waals surface area contributed by atoms with Crippen LogP contribution >= 0.6 is 11.6 Å². The van der Waals surface area contributed by atoms with Gasteiger partial charge >= 0.3 is 0 Å². The maximum absolute atomic E-state index is 12.7. The molecule has 1 aromatic heterocycles. The highest BCUT2D eigenvalue weighted by atomic mass is 35.5. The monoisotopic (exact) mass is 389 g/mol. The average molecular weight is 390 g/mol. The third-order valence-corrected chi connectivity index (χ3v) is 5.02. The molecule has 0 atom stereocenters. The molecule has 1 amide bonds. The van der Waals surface area contributed by atoms with E-state index in [0.717, 1.165) is 48.7 Å². The van der Waals surface area contributed by atoms with Crippen molar-refractivity contribution in [2.45, 2.75) is 47.6 Å². The van der Waals surface area contributed by atoms with Crippen LogP contribution in [0.25, 0.3) is 11.1 Å². The van der Waals surface area contributed by atoms with Crippen molar-refractivity contribution in [3.63, 3.8) is 0 Å². The summed E-state index contributed by atoms with van der Waals surface area (Å²) in [6.45, 7) is 14.3. The number of carbonyl (C=O) groups is 1. The molecule has 2 aromatic rings. The van der Waals surface area contributed by atoms with Crippen LogP contribution in [0.5, 0.6) is 0 Å². The summed E-state index contributed by atoms with van der Waals surface area (Å²) in [6.07, 6.45) is 2.62. The van der Waals surface area contributed by atoms with E-state index in [-0.39, 0.29) is 5.91 Å². The third kappa shape index (κ3) is 5.85. The van der Waals surface area contributed by atoms with Crippen molar-refractivity contribution in [1.29, 1.82) is 0 Å². The molecule has 0 bridgehead atoms. The zero-order chi connectivity index (χ0) is 20.0. The standard InChI is InChI=1S/C22H32ClN3O/c1-6-25(7-2)13-12-20(27)24-22-21(18-8-10-19(23)11-9-18)17(5)15-26(22)14-16(3)4/h8-11,15-16H,6-7,12-14H2,1-5H3,(H,24,27). The average Bonchev–Trinajstić information content (AvgIpc) is 2.91. The Labute approximate surface area is 168 Å². The van der Waals surface area contributed by atoms with Crippen molar-refractivity contribution in [2.75, 3.05) is 25.0 Å². The molecule has 0 aliphatic rings. The molecule has 0 spiro atoms. The Balaban J connectivity index is 2.31. The lowest BCUT2D eigenvalue weighted by Crippen LogP contribution is -2.28. The van der Waals surface area contributed by atoms with Crippen molar-refractivity contribution >= 4 is 23.3 Å². The second kappa shape index (κ2) is 9.95. The van der Waals surface area contributed by atoms with Crippen LogP contribution in [0, 0.1) is 12.8 Å². The lowest BCUT2D eigenvalue weighted by Gasteiger charge is -2.18. The Morgan fingerprint density at radius 3 is 2.37 bits per heavy atom. The normalized spacial score (nSPS) is 11.4. The lowest BCUT2D eigenvalue weighted by atomic mass is 10.0. The van der Waals surface area contributed by atoms with Crippen molar-refractivity contribution in [1.82, 2.24) is 9.47 Å². The zero-order valence-electron chi connectivity index (χ0n) is 17.2. The number of halogens is 1. The fourth-order valence-electron chi connectivity index (χ4n) is 3.34. The Kier molecular flexibility index (Phi) is 7.93. The molecule has 148 valence electrons. The van der Waals surface area contributed by atoms with Crippen LogP contribution in [0.15, 0.2) is 30.5 Å². The van der Waals surface area contributed by atoms with Gasteiger partial charge in [0.2, 0.25) is 5.91 Å². The fourth-order valence-corrected chi connectivity index (χ4v) is 3.47. The van der Waals surface area contributed by atoms with E-state index in [1.165, 1.54) is 0 Å². The molecule has 0 radical (unpaired) electrons. The number of amides is 1. The molecule has 2 rings (SSSR count). The van der Waals surface area contributed by atoms with Crippen molar-refractivity contribution in [3.05, 3.63) is 41.0 Å². The van der Waals surface area contributed by atoms with Gasteiger partial charge in [-0.25, -0.2) is 0 Å². The summed E-state index contributed by atoms with van der Waals surface area (Å²) in [6, 6.07) is 7.80. The predicted molar refractivity (Wildman–Crippen MR) is 115 cm³/mol. The Hall–Kier alpha value is -1.78. The van der Waals surface area contributed by atoms with Crippen molar-refractivity contribution in [3.8, 4) is 11.1 Å². The number of anilines is 1. The maximum Gasteiger partial charge on any atom is 0.226 e. The summed E-state index contributed by atoms with van der Waals surface area (Å²) >= 11 is 6.06. The van der Waals surface area contributed by atoms with E-state index in [9.17, 15) is 4.79 Å².